The standard InChI is InChI=1S/C31H35NO5/c1-5-6-9-22-14-15-27(19-29(33)34)28(18-22)36-21-24-11-8-13-26(17-24)25-12-7-10-23(16-25)20-32-30(35)37-31(2,3)4/h5,7-8,10-18H,1,6,9,19-21H2,2-4H3,(H,32,35)(H,33,34). The van der Waals surface area contributed by atoms with Crippen LogP contribution in [-0.4, -0.2) is 22.8 Å². The first-order valence-corrected chi connectivity index (χ1v) is 12.4. The highest BCUT2D eigenvalue weighted by Crippen LogP contribution is 2.26. The minimum atomic E-state index is -0.897. The summed E-state index contributed by atoms with van der Waals surface area (Å²) in [7, 11) is 0. The third-order valence-electron chi connectivity index (χ3n) is 5.53. The molecule has 6 heteroatoms. The van der Waals surface area contributed by atoms with E-state index in [0.717, 1.165) is 40.7 Å². The zero-order valence-corrected chi connectivity index (χ0v) is 21.8. The second kappa shape index (κ2) is 12.8. The number of alkyl carbamates (subject to hydrolysis) is 1. The molecular weight excluding hydrogens is 466 g/mol. The van der Waals surface area contributed by atoms with Gasteiger partial charge in [-0.25, -0.2) is 4.79 Å². The maximum absolute atomic E-state index is 12.0. The van der Waals surface area contributed by atoms with E-state index in [1.54, 1.807) is 0 Å². The highest BCUT2D eigenvalue weighted by molar-refractivity contribution is 5.71. The monoisotopic (exact) mass is 501 g/mol. The van der Waals surface area contributed by atoms with E-state index >= 15 is 0 Å². The zero-order valence-electron chi connectivity index (χ0n) is 21.8. The summed E-state index contributed by atoms with van der Waals surface area (Å²) in [5.41, 5.74) is 5.14. The van der Waals surface area contributed by atoms with Gasteiger partial charge in [-0.15, -0.1) is 6.58 Å². The Bertz CT molecular complexity index is 1240. The lowest BCUT2D eigenvalue weighted by Gasteiger charge is -2.19. The van der Waals surface area contributed by atoms with Gasteiger partial charge in [-0.2, -0.15) is 0 Å². The molecule has 0 aromatic heterocycles. The fourth-order valence-electron chi connectivity index (χ4n) is 3.82. The maximum atomic E-state index is 12.0. The number of carbonyl (C=O) groups excluding carboxylic acids is 1. The zero-order chi connectivity index (χ0) is 26.8. The van der Waals surface area contributed by atoms with Crippen LogP contribution in [0.2, 0.25) is 0 Å². The van der Waals surface area contributed by atoms with Crippen molar-refractivity contribution in [2.24, 2.45) is 0 Å². The summed E-state index contributed by atoms with van der Waals surface area (Å²) in [6.45, 7) is 9.93. The molecule has 0 unspecified atom stereocenters. The van der Waals surface area contributed by atoms with Crippen molar-refractivity contribution in [2.75, 3.05) is 0 Å². The SMILES string of the molecule is C=CCCc1ccc(CC(=O)O)c(OCc2cccc(-c3cccc(CNC(=O)OC(C)(C)C)c3)c2)c1. The number of ether oxygens (including phenoxy) is 2. The number of carbonyl (C=O) groups is 2. The largest absolute Gasteiger partial charge is 0.489 e. The van der Waals surface area contributed by atoms with Crippen LogP contribution >= 0.6 is 0 Å². The van der Waals surface area contributed by atoms with Crippen molar-refractivity contribution in [3.63, 3.8) is 0 Å². The number of aryl methyl sites for hydroxylation is 1. The van der Waals surface area contributed by atoms with Gasteiger partial charge in [0, 0.05) is 12.1 Å². The number of rotatable bonds is 11. The van der Waals surface area contributed by atoms with Gasteiger partial charge in [0.25, 0.3) is 0 Å². The van der Waals surface area contributed by atoms with Gasteiger partial charge in [0.05, 0.1) is 6.42 Å². The number of carboxylic acid groups (broad SMARTS) is 1. The predicted molar refractivity (Wildman–Crippen MR) is 146 cm³/mol. The lowest BCUT2D eigenvalue weighted by atomic mass is 10.0. The molecule has 0 heterocycles. The van der Waals surface area contributed by atoms with E-state index in [-0.39, 0.29) is 6.42 Å². The molecule has 0 aliphatic rings. The highest BCUT2D eigenvalue weighted by atomic mass is 16.6. The van der Waals surface area contributed by atoms with Gasteiger partial charge in [-0.1, -0.05) is 54.6 Å². The highest BCUT2D eigenvalue weighted by Gasteiger charge is 2.16. The third-order valence-corrected chi connectivity index (χ3v) is 5.53. The molecule has 3 aromatic carbocycles. The summed E-state index contributed by atoms with van der Waals surface area (Å²) in [4.78, 5) is 23.3. The Morgan fingerprint density at radius 1 is 0.946 bits per heavy atom. The molecule has 0 aliphatic carbocycles. The molecule has 0 bridgehead atoms. The number of allylic oxidation sites excluding steroid dienone is 1. The normalized spacial score (nSPS) is 11.0. The number of benzene rings is 3. The lowest BCUT2D eigenvalue weighted by Crippen LogP contribution is -2.32. The first-order chi connectivity index (χ1) is 17.6. The topological polar surface area (TPSA) is 84.9 Å². The van der Waals surface area contributed by atoms with Crippen LogP contribution in [-0.2, 0) is 35.5 Å². The molecular formula is C31H35NO5. The van der Waals surface area contributed by atoms with E-state index in [9.17, 15) is 14.7 Å². The van der Waals surface area contributed by atoms with Crippen LogP contribution < -0.4 is 10.1 Å². The van der Waals surface area contributed by atoms with E-state index in [0.29, 0.717) is 24.5 Å². The van der Waals surface area contributed by atoms with Crippen LogP contribution in [0.1, 0.15) is 49.4 Å². The number of hydrogen-bond acceptors (Lipinski definition) is 4. The Balaban J connectivity index is 1.71. The minimum absolute atomic E-state index is 0.0960. The van der Waals surface area contributed by atoms with E-state index < -0.39 is 17.7 Å². The van der Waals surface area contributed by atoms with Crippen LogP contribution in [0.15, 0.2) is 79.4 Å². The van der Waals surface area contributed by atoms with E-state index in [2.05, 4.69) is 18.0 Å². The molecule has 3 rings (SSSR count). The Hall–Kier alpha value is -4.06. The van der Waals surface area contributed by atoms with Crippen LogP contribution in [0.4, 0.5) is 4.79 Å². The molecule has 0 saturated heterocycles. The number of amides is 1. The Morgan fingerprint density at radius 3 is 2.27 bits per heavy atom. The Kier molecular flexibility index (Phi) is 9.50. The number of nitrogens with one attached hydrogen (secondary N) is 1. The van der Waals surface area contributed by atoms with Gasteiger partial charge < -0.3 is 19.9 Å². The summed E-state index contributed by atoms with van der Waals surface area (Å²) in [5, 5.41) is 12.1. The van der Waals surface area contributed by atoms with Gasteiger partial charge in [0.15, 0.2) is 0 Å². The van der Waals surface area contributed by atoms with Crippen molar-refractivity contribution >= 4 is 12.1 Å². The van der Waals surface area contributed by atoms with Gasteiger partial charge in [0.1, 0.15) is 18.0 Å². The van der Waals surface area contributed by atoms with Gasteiger partial charge >= 0.3 is 12.1 Å². The van der Waals surface area contributed by atoms with Crippen molar-refractivity contribution in [3.8, 4) is 16.9 Å². The van der Waals surface area contributed by atoms with Crippen LogP contribution in [0.3, 0.4) is 0 Å². The molecule has 2 N–H and O–H groups in total. The van der Waals surface area contributed by atoms with E-state index in [1.807, 2.05) is 87.5 Å². The summed E-state index contributed by atoms with van der Waals surface area (Å²) in [5.74, 6) is -0.309. The number of hydrogen-bond donors (Lipinski definition) is 2. The Morgan fingerprint density at radius 2 is 1.62 bits per heavy atom. The van der Waals surface area contributed by atoms with E-state index in [4.69, 9.17) is 9.47 Å². The van der Waals surface area contributed by atoms with Crippen molar-refractivity contribution in [1.82, 2.24) is 5.32 Å². The smallest absolute Gasteiger partial charge is 0.407 e. The summed E-state index contributed by atoms with van der Waals surface area (Å²) >= 11 is 0. The molecule has 0 fully saturated rings. The molecule has 0 aliphatic heterocycles. The third kappa shape index (κ3) is 9.15. The lowest BCUT2D eigenvalue weighted by molar-refractivity contribution is -0.136. The molecule has 194 valence electrons. The fraction of sp³-hybridized carbons (Fsp3) is 0.290. The van der Waals surface area contributed by atoms with Crippen molar-refractivity contribution in [3.05, 3.63) is 102 Å². The quantitative estimate of drug-likeness (QED) is 0.286. The minimum Gasteiger partial charge on any atom is -0.489 e. The number of aliphatic carboxylic acids is 1. The summed E-state index contributed by atoms with van der Waals surface area (Å²) in [6.07, 6.45) is 2.97. The Labute approximate surface area is 218 Å². The van der Waals surface area contributed by atoms with E-state index in [1.165, 1.54) is 0 Å². The molecule has 6 nitrogen and oxygen atoms in total. The maximum Gasteiger partial charge on any atom is 0.407 e. The van der Waals surface area contributed by atoms with Crippen molar-refractivity contribution < 1.29 is 24.2 Å². The summed E-state index contributed by atoms with van der Waals surface area (Å²) in [6, 6.07) is 21.7. The number of carboxylic acids is 1. The molecule has 0 saturated carbocycles. The first kappa shape index (κ1) is 27.5. The molecule has 1 amide bonds. The second-order valence-electron chi connectivity index (χ2n) is 9.88. The van der Waals surface area contributed by atoms with Crippen LogP contribution in [0, 0.1) is 0 Å². The first-order valence-electron chi connectivity index (χ1n) is 12.4. The van der Waals surface area contributed by atoms with Crippen molar-refractivity contribution in [1.29, 1.82) is 0 Å². The molecule has 37 heavy (non-hydrogen) atoms. The molecule has 0 radical (unpaired) electrons. The predicted octanol–water partition coefficient (Wildman–Crippen LogP) is 6.70. The molecule has 3 aromatic rings. The van der Waals surface area contributed by atoms with Crippen LogP contribution in [0.5, 0.6) is 5.75 Å². The van der Waals surface area contributed by atoms with Gasteiger partial charge in [0.2, 0.25) is 0 Å². The van der Waals surface area contributed by atoms with Crippen LogP contribution in [0.25, 0.3) is 11.1 Å². The van der Waals surface area contributed by atoms with Gasteiger partial charge in [-0.3, -0.25) is 4.79 Å². The van der Waals surface area contributed by atoms with Crippen molar-refractivity contribution in [2.45, 2.75) is 58.8 Å². The average molecular weight is 502 g/mol. The fourth-order valence-corrected chi connectivity index (χ4v) is 3.82. The van der Waals surface area contributed by atoms with Gasteiger partial charge in [-0.05, 0) is 79.6 Å². The molecule has 0 spiro atoms. The average Bonchev–Trinajstić information content (AvgIpc) is 2.85. The summed E-state index contributed by atoms with van der Waals surface area (Å²) < 4.78 is 11.4. The second-order valence-corrected chi connectivity index (χ2v) is 9.88. The molecule has 0 atom stereocenters.